The second-order valence-corrected chi connectivity index (χ2v) is 4.74. The number of nitrogens with zero attached hydrogens (tertiary/aromatic N) is 1. The molecule has 1 saturated heterocycles. The van der Waals surface area contributed by atoms with Crippen LogP contribution in [0.3, 0.4) is 0 Å². The van der Waals surface area contributed by atoms with Gasteiger partial charge in [0.25, 0.3) is 0 Å². The molecule has 2 aliphatic rings. The van der Waals surface area contributed by atoms with Crippen LogP contribution in [0.2, 0.25) is 0 Å². The molecule has 0 atom stereocenters. The molecule has 14 heavy (non-hydrogen) atoms. The standard InChI is InChI=1S/C12H20NO/c14-11-12(7-3-1-4-8-12)13-9-5-2-6-10-13/h1-10H2. The first kappa shape index (κ1) is 10.2. The predicted octanol–water partition coefficient (Wildman–Crippen LogP) is 2.28. The fraction of sp³-hybridized carbons (Fsp3) is 0.917. The van der Waals surface area contributed by atoms with E-state index in [9.17, 15) is 4.79 Å². The van der Waals surface area contributed by atoms with Crippen molar-refractivity contribution >= 4 is 6.29 Å². The summed E-state index contributed by atoms with van der Waals surface area (Å²) in [5.74, 6) is 0. The van der Waals surface area contributed by atoms with Gasteiger partial charge in [-0.1, -0.05) is 25.7 Å². The average molecular weight is 194 g/mol. The number of hydrogen-bond acceptors (Lipinski definition) is 2. The van der Waals surface area contributed by atoms with E-state index in [2.05, 4.69) is 11.2 Å². The lowest BCUT2D eigenvalue weighted by molar-refractivity contribution is 0.0844. The summed E-state index contributed by atoms with van der Waals surface area (Å²) in [4.78, 5) is 13.6. The molecule has 2 rings (SSSR count). The minimum atomic E-state index is -0.182. The van der Waals surface area contributed by atoms with Gasteiger partial charge in [-0.05, 0) is 38.8 Å². The molecule has 0 spiro atoms. The highest BCUT2D eigenvalue weighted by molar-refractivity contribution is 5.65. The van der Waals surface area contributed by atoms with Crippen molar-refractivity contribution in [1.82, 2.24) is 4.90 Å². The third kappa shape index (κ3) is 1.85. The Morgan fingerprint density at radius 1 is 0.857 bits per heavy atom. The second-order valence-electron chi connectivity index (χ2n) is 4.74. The Labute approximate surface area is 86.7 Å². The Kier molecular flexibility index (Phi) is 3.22. The van der Waals surface area contributed by atoms with Crippen LogP contribution in [0.5, 0.6) is 0 Å². The lowest BCUT2D eigenvalue weighted by Crippen LogP contribution is -2.53. The van der Waals surface area contributed by atoms with E-state index in [1.807, 2.05) is 0 Å². The summed E-state index contributed by atoms with van der Waals surface area (Å²) in [6.45, 7) is 2.24. The summed E-state index contributed by atoms with van der Waals surface area (Å²) in [5, 5.41) is 0. The minimum Gasteiger partial charge on any atom is -0.291 e. The lowest BCUT2D eigenvalue weighted by atomic mass is 9.80. The zero-order chi connectivity index (χ0) is 9.86. The van der Waals surface area contributed by atoms with Crippen molar-refractivity contribution in [2.75, 3.05) is 13.1 Å². The van der Waals surface area contributed by atoms with Crippen LogP contribution >= 0.6 is 0 Å². The number of likely N-dealkylation sites (tertiary alicyclic amines) is 1. The van der Waals surface area contributed by atoms with Crippen LogP contribution in [0.25, 0.3) is 0 Å². The fourth-order valence-corrected chi connectivity index (χ4v) is 2.94. The molecule has 1 radical (unpaired) electrons. The van der Waals surface area contributed by atoms with Gasteiger partial charge in [0, 0.05) is 0 Å². The third-order valence-corrected chi connectivity index (χ3v) is 3.83. The molecule has 2 heteroatoms. The van der Waals surface area contributed by atoms with E-state index in [1.54, 1.807) is 0 Å². The fourth-order valence-electron chi connectivity index (χ4n) is 2.94. The van der Waals surface area contributed by atoms with Crippen molar-refractivity contribution in [2.45, 2.75) is 56.9 Å². The van der Waals surface area contributed by atoms with Gasteiger partial charge >= 0.3 is 0 Å². The molecule has 0 aromatic carbocycles. The Bertz CT molecular complexity index is 190. The van der Waals surface area contributed by atoms with Crippen LogP contribution in [-0.2, 0) is 4.79 Å². The number of piperidine rings is 1. The minimum absolute atomic E-state index is 0.182. The first-order valence-electron chi connectivity index (χ1n) is 6.02. The SMILES string of the molecule is O=[C]C1(N2CCCCC2)CCCCC1. The van der Waals surface area contributed by atoms with Crippen LogP contribution in [0.1, 0.15) is 51.4 Å². The molecule has 0 unspecified atom stereocenters. The van der Waals surface area contributed by atoms with Crippen molar-refractivity contribution in [2.24, 2.45) is 0 Å². The normalized spacial score (nSPS) is 28.6. The maximum Gasteiger partial charge on any atom is 0.220 e. The molecule has 2 fully saturated rings. The van der Waals surface area contributed by atoms with Gasteiger partial charge in [0.1, 0.15) is 0 Å². The van der Waals surface area contributed by atoms with Crippen LogP contribution in [0.15, 0.2) is 0 Å². The van der Waals surface area contributed by atoms with Crippen LogP contribution in [-0.4, -0.2) is 29.8 Å². The zero-order valence-corrected chi connectivity index (χ0v) is 8.93. The lowest BCUT2D eigenvalue weighted by Gasteiger charge is -2.43. The Hall–Kier alpha value is -0.370. The highest BCUT2D eigenvalue weighted by Gasteiger charge is 2.38. The van der Waals surface area contributed by atoms with Crippen molar-refractivity contribution in [3.63, 3.8) is 0 Å². The van der Waals surface area contributed by atoms with Gasteiger partial charge in [-0.3, -0.25) is 9.69 Å². The first-order valence-corrected chi connectivity index (χ1v) is 6.02. The van der Waals surface area contributed by atoms with E-state index in [-0.39, 0.29) is 5.54 Å². The maximum absolute atomic E-state index is 11.2. The molecule has 1 aliphatic heterocycles. The Morgan fingerprint density at radius 2 is 1.43 bits per heavy atom. The topological polar surface area (TPSA) is 20.3 Å². The molecular formula is C12H20NO. The third-order valence-electron chi connectivity index (χ3n) is 3.83. The Balaban J connectivity index is 2.04. The van der Waals surface area contributed by atoms with Crippen molar-refractivity contribution in [1.29, 1.82) is 0 Å². The summed E-state index contributed by atoms with van der Waals surface area (Å²) >= 11 is 0. The highest BCUT2D eigenvalue weighted by atomic mass is 16.1. The quantitative estimate of drug-likeness (QED) is 0.672. The smallest absolute Gasteiger partial charge is 0.220 e. The molecule has 0 aromatic rings. The van der Waals surface area contributed by atoms with Gasteiger partial charge in [0.05, 0.1) is 5.54 Å². The number of hydrogen-bond donors (Lipinski definition) is 0. The van der Waals surface area contributed by atoms with Gasteiger partial charge in [0.2, 0.25) is 6.29 Å². The highest BCUT2D eigenvalue weighted by Crippen LogP contribution is 2.33. The molecule has 0 aromatic heterocycles. The first-order chi connectivity index (χ1) is 6.87. The summed E-state index contributed by atoms with van der Waals surface area (Å²) < 4.78 is 0. The van der Waals surface area contributed by atoms with Crippen molar-refractivity contribution in [3.8, 4) is 0 Å². The van der Waals surface area contributed by atoms with Crippen LogP contribution < -0.4 is 0 Å². The number of carbonyl (C=O) groups excluding carboxylic acids is 1. The van der Waals surface area contributed by atoms with E-state index >= 15 is 0 Å². The average Bonchev–Trinajstić information content (AvgIpc) is 2.31. The van der Waals surface area contributed by atoms with Crippen molar-refractivity contribution in [3.05, 3.63) is 0 Å². The summed E-state index contributed by atoms with van der Waals surface area (Å²) in [7, 11) is 0. The van der Waals surface area contributed by atoms with Gasteiger partial charge in [0.15, 0.2) is 0 Å². The predicted molar refractivity (Wildman–Crippen MR) is 56.9 cm³/mol. The van der Waals surface area contributed by atoms with Gasteiger partial charge in [-0.25, -0.2) is 0 Å². The molecule has 1 heterocycles. The molecule has 1 saturated carbocycles. The van der Waals surface area contributed by atoms with Crippen LogP contribution in [0, 0.1) is 0 Å². The van der Waals surface area contributed by atoms with Crippen molar-refractivity contribution < 1.29 is 4.79 Å². The molecule has 0 N–H and O–H groups in total. The molecule has 0 bridgehead atoms. The second kappa shape index (κ2) is 4.43. The summed E-state index contributed by atoms with van der Waals surface area (Å²) in [6.07, 6.45) is 12.1. The molecule has 2 nitrogen and oxygen atoms in total. The van der Waals surface area contributed by atoms with E-state index < -0.39 is 0 Å². The zero-order valence-electron chi connectivity index (χ0n) is 8.93. The molecule has 79 valence electrons. The van der Waals surface area contributed by atoms with E-state index in [4.69, 9.17) is 0 Å². The van der Waals surface area contributed by atoms with E-state index in [0.29, 0.717) is 0 Å². The van der Waals surface area contributed by atoms with E-state index in [0.717, 1.165) is 25.9 Å². The van der Waals surface area contributed by atoms with Gasteiger partial charge in [-0.2, -0.15) is 0 Å². The van der Waals surface area contributed by atoms with E-state index in [1.165, 1.54) is 38.5 Å². The molecule has 1 aliphatic carbocycles. The van der Waals surface area contributed by atoms with Gasteiger partial charge < -0.3 is 0 Å². The number of rotatable bonds is 2. The maximum atomic E-state index is 11.2. The Morgan fingerprint density at radius 3 is 2.00 bits per heavy atom. The largest absolute Gasteiger partial charge is 0.291 e. The molecule has 0 amide bonds. The molecular weight excluding hydrogens is 174 g/mol. The monoisotopic (exact) mass is 194 g/mol. The van der Waals surface area contributed by atoms with Gasteiger partial charge in [-0.15, -0.1) is 0 Å². The summed E-state index contributed by atoms with van der Waals surface area (Å²) in [5.41, 5.74) is -0.182. The summed E-state index contributed by atoms with van der Waals surface area (Å²) in [6, 6.07) is 0. The van der Waals surface area contributed by atoms with Crippen LogP contribution in [0.4, 0.5) is 0 Å².